The van der Waals surface area contributed by atoms with E-state index in [4.69, 9.17) is 14.2 Å². The molecule has 0 aromatic heterocycles. The minimum atomic E-state index is -2.30. The molecule has 2 N–H and O–H groups in total. The molecule has 0 aliphatic heterocycles. The van der Waals surface area contributed by atoms with Gasteiger partial charge in [0.05, 0.1) is 21.3 Å². The lowest BCUT2D eigenvalue weighted by Crippen LogP contribution is -2.39. The third-order valence-electron chi connectivity index (χ3n) is 7.10. The summed E-state index contributed by atoms with van der Waals surface area (Å²) in [7, 11) is 2.76. The van der Waals surface area contributed by atoms with Crippen molar-refractivity contribution in [1.82, 2.24) is 0 Å². The van der Waals surface area contributed by atoms with Crippen LogP contribution >= 0.6 is 0 Å². The highest BCUT2D eigenvalue weighted by molar-refractivity contribution is 6.72. The molecule has 3 aromatic rings. The first-order valence-electron chi connectivity index (χ1n) is 12.0. The van der Waals surface area contributed by atoms with Gasteiger partial charge in [-0.05, 0) is 90.5 Å². The van der Waals surface area contributed by atoms with Crippen molar-refractivity contribution in [2.75, 3.05) is 26.6 Å². The number of aryl methyl sites for hydroxylation is 1. The first-order chi connectivity index (χ1) is 16.6. The number of hydrogen-bond donors (Lipinski definition) is 2. The molecule has 0 bridgehead atoms. The van der Waals surface area contributed by atoms with Gasteiger partial charge < -0.3 is 24.3 Å². The topological polar surface area (TPSA) is 60.0 Å². The van der Waals surface area contributed by atoms with Crippen LogP contribution in [0.3, 0.4) is 0 Å². The Morgan fingerprint density at radius 3 is 2.06 bits per heavy atom. The van der Waals surface area contributed by atoms with Gasteiger partial charge in [-0.3, -0.25) is 0 Å². The first-order valence-corrected chi connectivity index (χ1v) is 15.0. The van der Waals surface area contributed by atoms with Gasteiger partial charge in [0.2, 0.25) is 0 Å². The van der Waals surface area contributed by atoms with Gasteiger partial charge in [0.1, 0.15) is 17.2 Å². The lowest BCUT2D eigenvalue weighted by Gasteiger charge is -2.35. The lowest BCUT2D eigenvalue weighted by atomic mass is 9.99. The average molecular weight is 494 g/mol. The number of ether oxygens (including phenoxy) is 3. The van der Waals surface area contributed by atoms with Crippen molar-refractivity contribution in [3.05, 3.63) is 77.4 Å². The summed E-state index contributed by atoms with van der Waals surface area (Å²) in [5.41, 5.74) is 5.51. The van der Waals surface area contributed by atoms with E-state index >= 15 is 0 Å². The maximum atomic E-state index is 10.8. The van der Waals surface area contributed by atoms with Gasteiger partial charge >= 0.3 is 0 Å². The van der Waals surface area contributed by atoms with Crippen molar-refractivity contribution in [1.29, 1.82) is 0 Å². The molecule has 6 heteroatoms. The van der Waals surface area contributed by atoms with Crippen LogP contribution in [0.2, 0.25) is 18.1 Å². The molecule has 0 aliphatic rings. The Kier molecular flexibility index (Phi) is 8.51. The quantitative estimate of drug-likeness (QED) is 0.283. The van der Waals surface area contributed by atoms with Gasteiger partial charge in [-0.15, -0.1) is 0 Å². The minimum absolute atomic E-state index is 0.110. The van der Waals surface area contributed by atoms with Gasteiger partial charge in [-0.1, -0.05) is 32.0 Å². The molecule has 0 fully saturated rings. The monoisotopic (exact) mass is 493 g/mol. The summed E-state index contributed by atoms with van der Waals surface area (Å²) < 4.78 is 16.5. The second-order valence-corrected chi connectivity index (χ2v) is 14.6. The van der Waals surface area contributed by atoms with Crippen LogP contribution in [0, 0.1) is 0 Å². The summed E-state index contributed by atoms with van der Waals surface area (Å²) in [6, 6.07) is 20.4. The number of hydrogen-bond acceptors (Lipinski definition) is 5. The van der Waals surface area contributed by atoms with Crippen molar-refractivity contribution in [2.24, 2.45) is 0 Å². The Labute approximate surface area is 211 Å². The van der Waals surface area contributed by atoms with Crippen molar-refractivity contribution in [3.8, 4) is 17.2 Å². The standard InChI is InChI=1S/C29H39NO4Si/c1-29(2,35(6,7)31)16-15-23-19-25(33-4)13-14-27(23)30-28-20-26(34-5)12-11-22(28)17-21-9-8-10-24(18-21)32-3/h8-14,18-20,30-31H,15-17H2,1-7H3. The van der Waals surface area contributed by atoms with E-state index in [0.29, 0.717) is 0 Å². The zero-order chi connectivity index (χ0) is 25.6. The number of nitrogens with one attached hydrogen (secondary N) is 1. The molecule has 0 unspecified atom stereocenters. The van der Waals surface area contributed by atoms with Gasteiger partial charge in [0.25, 0.3) is 0 Å². The van der Waals surface area contributed by atoms with Crippen LogP contribution in [-0.2, 0) is 12.8 Å². The van der Waals surface area contributed by atoms with E-state index in [-0.39, 0.29) is 5.04 Å². The van der Waals surface area contributed by atoms with Crippen LogP contribution in [0.5, 0.6) is 17.2 Å². The van der Waals surface area contributed by atoms with E-state index in [2.05, 4.69) is 49.5 Å². The summed E-state index contributed by atoms with van der Waals surface area (Å²) in [5, 5.41) is 3.56. The van der Waals surface area contributed by atoms with Crippen molar-refractivity contribution >= 4 is 19.7 Å². The largest absolute Gasteiger partial charge is 0.497 e. The zero-order valence-corrected chi connectivity index (χ0v) is 23.1. The molecule has 3 rings (SSSR count). The Morgan fingerprint density at radius 1 is 0.771 bits per heavy atom. The van der Waals surface area contributed by atoms with Gasteiger partial charge in [0, 0.05) is 17.4 Å². The predicted molar refractivity (Wildman–Crippen MR) is 147 cm³/mol. The smallest absolute Gasteiger partial charge is 0.188 e. The van der Waals surface area contributed by atoms with Crippen molar-refractivity contribution in [2.45, 2.75) is 51.2 Å². The third-order valence-corrected chi connectivity index (χ3v) is 10.7. The Morgan fingerprint density at radius 2 is 1.40 bits per heavy atom. The highest BCUT2D eigenvalue weighted by Gasteiger charge is 2.37. The SMILES string of the molecule is COc1cccc(Cc2ccc(OC)cc2Nc2ccc(OC)cc2CCC(C)(C)[Si](C)(C)O)c1. The van der Waals surface area contributed by atoms with E-state index in [0.717, 1.165) is 59.0 Å². The normalized spacial score (nSPS) is 11.8. The summed E-state index contributed by atoms with van der Waals surface area (Å²) >= 11 is 0. The number of anilines is 2. The van der Waals surface area contributed by atoms with E-state index in [1.165, 1.54) is 5.56 Å². The Bertz CT molecular complexity index is 1140. The molecule has 0 aliphatic carbocycles. The van der Waals surface area contributed by atoms with Crippen molar-refractivity contribution in [3.63, 3.8) is 0 Å². The van der Waals surface area contributed by atoms with Gasteiger partial charge in [0.15, 0.2) is 8.32 Å². The molecule has 5 nitrogen and oxygen atoms in total. The maximum absolute atomic E-state index is 10.8. The third kappa shape index (κ3) is 6.80. The molecule has 188 valence electrons. The molecule has 0 saturated carbocycles. The summed E-state index contributed by atoms with van der Waals surface area (Å²) in [4.78, 5) is 10.8. The lowest BCUT2D eigenvalue weighted by molar-refractivity contribution is 0.413. The molecule has 0 amide bonds. The van der Waals surface area contributed by atoms with Gasteiger partial charge in [-0.2, -0.15) is 0 Å². The molecular formula is C29H39NO4Si. The molecule has 3 aromatic carbocycles. The number of benzene rings is 3. The highest BCUT2D eigenvalue weighted by atomic mass is 28.4. The molecule has 0 atom stereocenters. The van der Waals surface area contributed by atoms with Crippen LogP contribution < -0.4 is 19.5 Å². The molecule has 0 radical (unpaired) electrons. The zero-order valence-electron chi connectivity index (χ0n) is 22.1. The number of rotatable bonds is 11. The fourth-order valence-corrected chi connectivity index (χ4v) is 4.62. The summed E-state index contributed by atoms with van der Waals surface area (Å²) in [6.45, 7) is 8.36. The highest BCUT2D eigenvalue weighted by Crippen LogP contribution is 2.41. The second-order valence-electron chi connectivity index (χ2n) is 10.1. The molecule has 0 heterocycles. The number of methoxy groups -OCH3 is 3. The fraction of sp³-hybridized carbons (Fsp3) is 0.379. The predicted octanol–water partition coefficient (Wildman–Crippen LogP) is 6.96. The van der Waals surface area contributed by atoms with E-state index < -0.39 is 8.32 Å². The Hall–Kier alpha value is -2.96. The fourth-order valence-electron chi connectivity index (χ4n) is 3.88. The van der Waals surface area contributed by atoms with Crippen LogP contribution in [-0.4, -0.2) is 34.4 Å². The maximum Gasteiger partial charge on any atom is 0.188 e. The minimum Gasteiger partial charge on any atom is -0.497 e. The average Bonchev–Trinajstić information content (AvgIpc) is 2.83. The van der Waals surface area contributed by atoms with Crippen LogP contribution in [0.25, 0.3) is 0 Å². The first kappa shape index (κ1) is 26.6. The van der Waals surface area contributed by atoms with E-state index in [9.17, 15) is 4.80 Å². The Balaban J connectivity index is 1.94. The molecular weight excluding hydrogens is 454 g/mol. The molecule has 0 spiro atoms. The summed E-state index contributed by atoms with van der Waals surface area (Å²) in [6.07, 6.45) is 2.48. The second kappa shape index (κ2) is 11.2. The van der Waals surface area contributed by atoms with Crippen LogP contribution in [0.15, 0.2) is 60.7 Å². The van der Waals surface area contributed by atoms with Crippen LogP contribution in [0.4, 0.5) is 11.4 Å². The van der Waals surface area contributed by atoms with E-state index in [1.807, 2.05) is 43.4 Å². The van der Waals surface area contributed by atoms with E-state index in [1.54, 1.807) is 21.3 Å². The van der Waals surface area contributed by atoms with Crippen molar-refractivity contribution < 1.29 is 19.0 Å². The van der Waals surface area contributed by atoms with Gasteiger partial charge in [-0.25, -0.2) is 0 Å². The molecule has 0 saturated heterocycles. The molecule has 35 heavy (non-hydrogen) atoms. The van der Waals surface area contributed by atoms with Crippen LogP contribution in [0.1, 0.15) is 37.0 Å². The summed E-state index contributed by atoms with van der Waals surface area (Å²) in [5.74, 6) is 2.47.